The predicted molar refractivity (Wildman–Crippen MR) is 119 cm³/mol. The number of ether oxygens (including phenoxy) is 4. The Morgan fingerprint density at radius 3 is 1.21 bits per heavy atom. The van der Waals surface area contributed by atoms with E-state index in [4.69, 9.17) is 18.9 Å². The van der Waals surface area contributed by atoms with Crippen LogP contribution in [0.3, 0.4) is 0 Å². The highest BCUT2D eigenvalue weighted by molar-refractivity contribution is 6.55. The van der Waals surface area contributed by atoms with E-state index in [0.29, 0.717) is 26.4 Å². The van der Waals surface area contributed by atoms with Gasteiger partial charge in [0.15, 0.2) is 12.6 Å². The fourth-order valence-corrected chi connectivity index (χ4v) is 5.03. The molecule has 0 aliphatic rings. The largest absolute Gasteiger partial charge is 0.353 e. The van der Waals surface area contributed by atoms with Gasteiger partial charge in [0, 0.05) is 26.4 Å². The van der Waals surface area contributed by atoms with Crippen molar-refractivity contribution in [3.63, 3.8) is 0 Å². The highest BCUT2D eigenvalue weighted by Crippen LogP contribution is 2.08. The topological polar surface area (TPSA) is 36.9 Å². The summed E-state index contributed by atoms with van der Waals surface area (Å²) in [4.78, 5) is 0. The first-order chi connectivity index (χ1) is 13.7. The van der Waals surface area contributed by atoms with E-state index in [1.165, 1.54) is 22.5 Å². The molecule has 0 aliphatic heterocycles. The Kier molecular flexibility index (Phi) is 15.8. The molecular formula is C22H38O4Si2. The Bertz CT molecular complexity index is 415. The fourth-order valence-electron chi connectivity index (χ4n) is 2.88. The molecule has 1 rings (SSSR count). The lowest BCUT2D eigenvalue weighted by molar-refractivity contribution is -0.139. The second kappa shape index (κ2) is 17.4. The van der Waals surface area contributed by atoms with Gasteiger partial charge in [0.05, 0.1) is 19.0 Å². The Balaban J connectivity index is 2.21. The van der Waals surface area contributed by atoms with Crippen LogP contribution in [0.5, 0.6) is 0 Å². The summed E-state index contributed by atoms with van der Waals surface area (Å²) in [5.41, 5.74) is 0. The van der Waals surface area contributed by atoms with E-state index in [-0.39, 0.29) is 12.6 Å². The first-order valence-corrected chi connectivity index (χ1v) is 13.2. The summed E-state index contributed by atoms with van der Waals surface area (Å²) in [6.07, 6.45) is 4.19. The molecule has 0 aliphatic carbocycles. The van der Waals surface area contributed by atoms with Crippen LogP contribution in [0.15, 0.2) is 24.3 Å². The van der Waals surface area contributed by atoms with Gasteiger partial charge in [-0.25, -0.2) is 0 Å². The minimum Gasteiger partial charge on any atom is -0.353 e. The average Bonchev–Trinajstić information content (AvgIpc) is 2.70. The van der Waals surface area contributed by atoms with Gasteiger partial charge in [-0.2, -0.15) is 0 Å². The van der Waals surface area contributed by atoms with Gasteiger partial charge >= 0.3 is 0 Å². The first-order valence-electron chi connectivity index (χ1n) is 10.8. The molecule has 1 aromatic carbocycles. The van der Waals surface area contributed by atoms with E-state index >= 15 is 0 Å². The predicted octanol–water partition coefficient (Wildman–Crippen LogP) is 3.54. The van der Waals surface area contributed by atoms with E-state index < -0.39 is 0 Å². The molecule has 0 heterocycles. The summed E-state index contributed by atoms with van der Waals surface area (Å²) in [5, 5.41) is 2.90. The van der Waals surface area contributed by atoms with Gasteiger partial charge in [-0.1, -0.05) is 59.6 Å². The van der Waals surface area contributed by atoms with E-state index in [1.807, 2.05) is 27.7 Å². The maximum atomic E-state index is 5.60. The number of hydrogen-bond acceptors (Lipinski definition) is 4. The number of benzene rings is 1. The highest BCUT2D eigenvalue weighted by atomic mass is 28.2. The SMILES string of the molecule is CCOC(CCC[Si]c1ccc([Si]CCCC(OCC)OCC)cc1)OCC. The third-order valence-corrected chi connectivity index (χ3v) is 6.88. The van der Waals surface area contributed by atoms with E-state index in [2.05, 4.69) is 24.3 Å². The molecule has 4 nitrogen and oxygen atoms in total. The van der Waals surface area contributed by atoms with Gasteiger partial charge in [-0.05, 0) is 40.5 Å². The van der Waals surface area contributed by atoms with Crippen LogP contribution in [-0.2, 0) is 18.9 Å². The van der Waals surface area contributed by atoms with E-state index in [1.54, 1.807) is 0 Å². The van der Waals surface area contributed by atoms with Gasteiger partial charge < -0.3 is 18.9 Å². The van der Waals surface area contributed by atoms with Crippen molar-refractivity contribution >= 4 is 29.4 Å². The molecule has 158 valence electrons. The van der Waals surface area contributed by atoms with Crippen LogP contribution >= 0.6 is 0 Å². The number of rotatable bonds is 18. The van der Waals surface area contributed by atoms with Crippen molar-refractivity contribution in [3.05, 3.63) is 24.3 Å². The molecule has 0 fully saturated rings. The lowest BCUT2D eigenvalue weighted by atomic mass is 10.3. The second-order valence-corrected chi connectivity index (χ2v) is 9.26. The summed E-state index contributed by atoms with van der Waals surface area (Å²) >= 11 is 0. The van der Waals surface area contributed by atoms with Crippen LogP contribution in [0, 0.1) is 0 Å². The summed E-state index contributed by atoms with van der Waals surface area (Å²) in [6, 6.07) is 11.6. The molecule has 4 radical (unpaired) electrons. The molecule has 0 aromatic heterocycles. The molecule has 0 N–H and O–H groups in total. The molecule has 0 unspecified atom stereocenters. The van der Waals surface area contributed by atoms with Crippen LogP contribution < -0.4 is 10.4 Å². The van der Waals surface area contributed by atoms with Crippen molar-refractivity contribution in [2.24, 2.45) is 0 Å². The molecule has 0 spiro atoms. The Morgan fingerprint density at radius 2 is 0.929 bits per heavy atom. The monoisotopic (exact) mass is 422 g/mol. The smallest absolute Gasteiger partial charge is 0.157 e. The van der Waals surface area contributed by atoms with Gasteiger partial charge in [-0.3, -0.25) is 0 Å². The standard InChI is InChI=1S/C22H38O4Si2/c1-5-23-21(24-6-2)11-9-17-27-19-13-15-20(16-14-19)28-18-10-12-22(25-7-3)26-8-4/h13-16,21-22H,5-12,17-18H2,1-4H3. The molecule has 0 amide bonds. The van der Waals surface area contributed by atoms with Crippen molar-refractivity contribution < 1.29 is 18.9 Å². The number of hydrogen-bond donors (Lipinski definition) is 0. The van der Waals surface area contributed by atoms with Gasteiger partial charge in [-0.15, -0.1) is 0 Å². The van der Waals surface area contributed by atoms with Crippen molar-refractivity contribution in [2.45, 2.75) is 78.0 Å². The van der Waals surface area contributed by atoms with Crippen molar-refractivity contribution in [3.8, 4) is 0 Å². The minimum atomic E-state index is -0.0339. The van der Waals surface area contributed by atoms with E-state index in [9.17, 15) is 0 Å². The molecule has 28 heavy (non-hydrogen) atoms. The quantitative estimate of drug-likeness (QED) is 0.206. The molecule has 0 saturated carbocycles. The van der Waals surface area contributed by atoms with Crippen LogP contribution in [0.2, 0.25) is 12.1 Å². The average molecular weight is 423 g/mol. The zero-order valence-electron chi connectivity index (χ0n) is 18.2. The van der Waals surface area contributed by atoms with Gasteiger partial charge in [0.2, 0.25) is 0 Å². The Morgan fingerprint density at radius 1 is 0.607 bits per heavy atom. The molecule has 0 atom stereocenters. The lowest BCUT2D eigenvalue weighted by Crippen LogP contribution is -2.21. The van der Waals surface area contributed by atoms with Crippen LogP contribution in [0.1, 0.15) is 53.4 Å². The summed E-state index contributed by atoms with van der Waals surface area (Å²) in [5.74, 6) is 0. The summed E-state index contributed by atoms with van der Waals surface area (Å²) in [7, 11) is 1.72. The normalized spacial score (nSPS) is 11.6. The molecule has 6 heteroatoms. The van der Waals surface area contributed by atoms with Gasteiger partial charge in [0.1, 0.15) is 0 Å². The van der Waals surface area contributed by atoms with Crippen LogP contribution in [0.4, 0.5) is 0 Å². The van der Waals surface area contributed by atoms with Gasteiger partial charge in [0.25, 0.3) is 0 Å². The molecule has 1 aromatic rings. The Labute approximate surface area is 177 Å². The molecule has 0 bridgehead atoms. The summed E-state index contributed by atoms with van der Waals surface area (Å²) < 4.78 is 22.4. The third-order valence-electron chi connectivity index (χ3n) is 4.19. The molecule has 0 saturated heterocycles. The zero-order valence-corrected chi connectivity index (χ0v) is 20.2. The first kappa shape index (κ1) is 25.5. The second-order valence-electron chi connectivity index (χ2n) is 6.40. The van der Waals surface area contributed by atoms with Crippen molar-refractivity contribution in [1.82, 2.24) is 0 Å². The van der Waals surface area contributed by atoms with Crippen LogP contribution in [-0.4, -0.2) is 58.0 Å². The maximum absolute atomic E-state index is 5.60. The zero-order chi connectivity index (χ0) is 20.5. The third kappa shape index (κ3) is 12.1. The maximum Gasteiger partial charge on any atom is 0.157 e. The molecular weight excluding hydrogens is 384 g/mol. The highest BCUT2D eigenvalue weighted by Gasteiger charge is 2.08. The minimum absolute atomic E-state index is 0.0339. The van der Waals surface area contributed by atoms with E-state index in [0.717, 1.165) is 44.7 Å². The van der Waals surface area contributed by atoms with Crippen LogP contribution in [0.25, 0.3) is 0 Å². The Hall–Kier alpha value is -0.506. The van der Waals surface area contributed by atoms with Crippen molar-refractivity contribution in [1.29, 1.82) is 0 Å². The summed E-state index contributed by atoms with van der Waals surface area (Å²) in [6.45, 7) is 10.9. The lowest BCUT2D eigenvalue weighted by Gasteiger charge is -2.16. The fraction of sp³-hybridized carbons (Fsp3) is 0.727. The van der Waals surface area contributed by atoms with Crippen molar-refractivity contribution in [2.75, 3.05) is 26.4 Å².